The number of fused-ring (bicyclic) bond motifs is 1. The van der Waals surface area contributed by atoms with Gasteiger partial charge in [0.15, 0.2) is 0 Å². The van der Waals surface area contributed by atoms with Gasteiger partial charge in [0.1, 0.15) is 23.1 Å². The summed E-state index contributed by atoms with van der Waals surface area (Å²) in [5.74, 6) is -0.107. The van der Waals surface area contributed by atoms with E-state index >= 15 is 0 Å². The first kappa shape index (κ1) is 23.7. The van der Waals surface area contributed by atoms with E-state index in [9.17, 15) is 18.7 Å². The Morgan fingerprint density at radius 2 is 1.94 bits per heavy atom. The first-order valence-electron chi connectivity index (χ1n) is 10.5. The minimum absolute atomic E-state index is 0.0151. The lowest BCUT2D eigenvalue weighted by molar-refractivity contribution is 0.112. The van der Waals surface area contributed by atoms with Gasteiger partial charge in [-0.05, 0) is 56.2 Å². The summed E-state index contributed by atoms with van der Waals surface area (Å²) in [6, 6.07) is 7.43. The second-order valence-corrected chi connectivity index (χ2v) is 8.07. The van der Waals surface area contributed by atoms with Gasteiger partial charge in [-0.25, -0.2) is 13.6 Å². The maximum Gasteiger partial charge on any atom is 0.404 e. The van der Waals surface area contributed by atoms with Gasteiger partial charge < -0.3 is 30.3 Å². The number of amides is 1. The van der Waals surface area contributed by atoms with Crippen LogP contribution in [0.4, 0.5) is 13.6 Å². The summed E-state index contributed by atoms with van der Waals surface area (Å²) >= 11 is 0. The molecule has 4 N–H and O–H groups in total. The molecule has 0 aliphatic carbocycles. The quantitative estimate of drug-likeness (QED) is 0.467. The van der Waals surface area contributed by atoms with Gasteiger partial charge in [0.2, 0.25) is 0 Å². The lowest BCUT2D eigenvalue weighted by atomic mass is 9.98. The zero-order valence-electron chi connectivity index (χ0n) is 18.0. The number of carboxylic acid groups (broad SMARTS) is 1. The van der Waals surface area contributed by atoms with Crippen LogP contribution in [0.5, 0.6) is 11.5 Å². The van der Waals surface area contributed by atoms with Crippen LogP contribution >= 0.6 is 0 Å². The summed E-state index contributed by atoms with van der Waals surface area (Å²) in [4.78, 5) is 11.2. The summed E-state index contributed by atoms with van der Waals surface area (Å²) in [5, 5.41) is 25.3. The molecule has 7 nitrogen and oxygen atoms in total. The van der Waals surface area contributed by atoms with Crippen molar-refractivity contribution < 1.29 is 33.3 Å². The Kier molecular flexibility index (Phi) is 7.87. The third-order valence-electron chi connectivity index (χ3n) is 5.12. The Hall–Kier alpha value is -2.91. The van der Waals surface area contributed by atoms with Crippen LogP contribution in [0.25, 0.3) is 0 Å². The van der Waals surface area contributed by atoms with Crippen LogP contribution in [0.2, 0.25) is 0 Å². The first-order valence-corrected chi connectivity index (χ1v) is 10.5. The molecule has 1 heterocycles. The molecule has 32 heavy (non-hydrogen) atoms. The van der Waals surface area contributed by atoms with Crippen molar-refractivity contribution in [3.8, 4) is 11.5 Å². The average Bonchev–Trinajstić information content (AvgIpc) is 2.70. The number of hydrogen-bond acceptors (Lipinski definition) is 5. The molecule has 0 fully saturated rings. The summed E-state index contributed by atoms with van der Waals surface area (Å²) in [7, 11) is 0. The molecule has 2 aromatic rings. The molecule has 3 rings (SSSR count). The van der Waals surface area contributed by atoms with Crippen molar-refractivity contribution in [1.82, 2.24) is 10.6 Å². The van der Waals surface area contributed by atoms with E-state index in [-0.39, 0.29) is 30.7 Å². The molecule has 0 spiro atoms. The summed E-state index contributed by atoms with van der Waals surface area (Å²) in [6.07, 6.45) is -1.88. The Balaban J connectivity index is 1.69. The van der Waals surface area contributed by atoms with Crippen LogP contribution in [-0.2, 0) is 6.42 Å². The van der Waals surface area contributed by atoms with Crippen molar-refractivity contribution in [2.45, 2.75) is 51.0 Å². The van der Waals surface area contributed by atoms with E-state index in [2.05, 4.69) is 10.6 Å². The highest BCUT2D eigenvalue weighted by molar-refractivity contribution is 5.65. The largest absolute Gasteiger partial charge is 0.493 e. The monoisotopic (exact) mass is 450 g/mol. The highest BCUT2D eigenvalue weighted by Crippen LogP contribution is 2.35. The van der Waals surface area contributed by atoms with Gasteiger partial charge in [0, 0.05) is 30.6 Å². The minimum atomic E-state index is -1.34. The average molecular weight is 450 g/mol. The molecule has 0 aromatic heterocycles. The molecule has 3 atom stereocenters. The molecule has 0 unspecified atom stereocenters. The highest BCUT2D eigenvalue weighted by Gasteiger charge is 2.26. The SMILES string of the molecule is CC(C)Oc1ccc2c(c1)[C@@H](NC[C@H](O)[C@H](Cc1cc(F)cc(F)c1)NC(=O)O)CCO2. The molecular weight excluding hydrogens is 422 g/mol. The van der Waals surface area contributed by atoms with Gasteiger partial charge in [-0.3, -0.25) is 0 Å². The molecular formula is C23H28F2N2O5. The van der Waals surface area contributed by atoms with E-state index < -0.39 is 29.9 Å². The number of rotatable bonds is 9. The summed E-state index contributed by atoms with van der Waals surface area (Å²) in [6.45, 7) is 4.41. The van der Waals surface area contributed by atoms with Gasteiger partial charge >= 0.3 is 6.09 Å². The van der Waals surface area contributed by atoms with Crippen LogP contribution < -0.4 is 20.1 Å². The smallest absolute Gasteiger partial charge is 0.404 e. The van der Waals surface area contributed by atoms with Crippen molar-refractivity contribution in [2.24, 2.45) is 0 Å². The molecule has 1 amide bonds. The number of carbonyl (C=O) groups is 1. The first-order chi connectivity index (χ1) is 15.2. The predicted molar refractivity (Wildman–Crippen MR) is 114 cm³/mol. The fourth-order valence-electron chi connectivity index (χ4n) is 3.76. The second-order valence-electron chi connectivity index (χ2n) is 8.07. The molecule has 174 valence electrons. The third-order valence-corrected chi connectivity index (χ3v) is 5.12. The lowest BCUT2D eigenvalue weighted by Gasteiger charge is -2.30. The van der Waals surface area contributed by atoms with E-state index in [4.69, 9.17) is 14.6 Å². The predicted octanol–water partition coefficient (Wildman–Crippen LogP) is 3.41. The third kappa shape index (κ3) is 6.54. The van der Waals surface area contributed by atoms with E-state index in [1.807, 2.05) is 32.0 Å². The van der Waals surface area contributed by atoms with Gasteiger partial charge in [-0.1, -0.05) is 0 Å². The minimum Gasteiger partial charge on any atom is -0.493 e. The fourth-order valence-corrected chi connectivity index (χ4v) is 3.76. The lowest BCUT2D eigenvalue weighted by Crippen LogP contribution is -2.49. The number of benzene rings is 2. The van der Waals surface area contributed by atoms with E-state index in [1.54, 1.807) is 0 Å². The molecule has 0 saturated carbocycles. The topological polar surface area (TPSA) is 100 Å². The van der Waals surface area contributed by atoms with Crippen LogP contribution in [0, 0.1) is 11.6 Å². The van der Waals surface area contributed by atoms with Crippen LogP contribution in [0.1, 0.15) is 37.4 Å². The number of aliphatic hydroxyl groups excluding tert-OH is 1. The summed E-state index contributed by atoms with van der Waals surface area (Å²) in [5.41, 5.74) is 1.13. The Morgan fingerprint density at radius 3 is 2.59 bits per heavy atom. The molecule has 9 heteroatoms. The van der Waals surface area contributed by atoms with Crippen LogP contribution in [-0.4, -0.2) is 47.7 Å². The zero-order chi connectivity index (χ0) is 23.3. The van der Waals surface area contributed by atoms with Crippen molar-refractivity contribution >= 4 is 6.09 Å². The zero-order valence-corrected chi connectivity index (χ0v) is 18.0. The molecule has 2 aromatic carbocycles. The van der Waals surface area contributed by atoms with E-state index in [1.165, 1.54) is 0 Å². The molecule has 1 aliphatic rings. The van der Waals surface area contributed by atoms with Gasteiger partial charge in [-0.15, -0.1) is 0 Å². The Labute approximate surface area is 185 Å². The van der Waals surface area contributed by atoms with Crippen molar-refractivity contribution in [1.29, 1.82) is 0 Å². The molecule has 0 radical (unpaired) electrons. The van der Waals surface area contributed by atoms with Crippen molar-refractivity contribution in [2.75, 3.05) is 13.2 Å². The maximum absolute atomic E-state index is 13.5. The van der Waals surface area contributed by atoms with Crippen molar-refractivity contribution in [3.05, 3.63) is 59.2 Å². The fraction of sp³-hybridized carbons (Fsp3) is 0.435. The standard InChI is InChI=1S/C23H28F2N2O5/c1-13(2)32-17-3-4-22-18(11-17)19(5-6-31-22)26-12-21(28)20(27-23(29)30)9-14-7-15(24)10-16(25)8-14/h3-4,7-8,10-11,13,19-21,26-28H,5-6,9,12H2,1-2H3,(H,29,30)/t19-,20-,21-/m0/s1. The van der Waals surface area contributed by atoms with Crippen LogP contribution in [0.3, 0.4) is 0 Å². The number of ether oxygens (including phenoxy) is 2. The molecule has 0 bridgehead atoms. The molecule has 1 aliphatic heterocycles. The molecule has 0 saturated heterocycles. The van der Waals surface area contributed by atoms with Gasteiger partial charge in [0.25, 0.3) is 0 Å². The maximum atomic E-state index is 13.5. The number of hydrogen-bond donors (Lipinski definition) is 4. The van der Waals surface area contributed by atoms with Crippen molar-refractivity contribution in [3.63, 3.8) is 0 Å². The van der Waals surface area contributed by atoms with E-state index in [0.717, 1.165) is 29.5 Å². The Bertz CT molecular complexity index is 920. The normalized spacial score (nSPS) is 17.2. The number of halogens is 2. The number of nitrogens with one attached hydrogen (secondary N) is 2. The van der Waals surface area contributed by atoms with Gasteiger partial charge in [0.05, 0.1) is 24.9 Å². The highest BCUT2D eigenvalue weighted by atomic mass is 19.1. The summed E-state index contributed by atoms with van der Waals surface area (Å²) < 4.78 is 38.5. The van der Waals surface area contributed by atoms with E-state index in [0.29, 0.717) is 18.8 Å². The van der Waals surface area contributed by atoms with Gasteiger partial charge in [-0.2, -0.15) is 0 Å². The second kappa shape index (κ2) is 10.6. The number of aliphatic hydroxyl groups is 1. The van der Waals surface area contributed by atoms with Crippen LogP contribution in [0.15, 0.2) is 36.4 Å². The Morgan fingerprint density at radius 1 is 1.22 bits per heavy atom.